The predicted molar refractivity (Wildman–Crippen MR) is 71.3 cm³/mol. The van der Waals surface area contributed by atoms with Crippen LogP contribution in [0.5, 0.6) is 5.75 Å². The topological polar surface area (TPSA) is 53.1 Å². The second-order valence-electron chi connectivity index (χ2n) is 4.29. The lowest BCUT2D eigenvalue weighted by atomic mass is 10.1. The quantitative estimate of drug-likeness (QED) is 0.880. The summed E-state index contributed by atoms with van der Waals surface area (Å²) in [5, 5.41) is 0. The lowest BCUT2D eigenvalue weighted by Gasteiger charge is -2.14. The Labute approximate surface area is 107 Å². The SMILES string of the molecule is CCn1cncc1COc1ccccc1C(C)N. The zero-order valence-corrected chi connectivity index (χ0v) is 10.8. The maximum absolute atomic E-state index is 5.92. The molecule has 0 aliphatic heterocycles. The van der Waals surface area contributed by atoms with E-state index in [1.165, 1.54) is 0 Å². The van der Waals surface area contributed by atoms with Gasteiger partial charge in [-0.2, -0.15) is 0 Å². The van der Waals surface area contributed by atoms with Crippen LogP contribution in [0.1, 0.15) is 31.1 Å². The Morgan fingerprint density at radius 1 is 1.39 bits per heavy atom. The van der Waals surface area contributed by atoms with E-state index >= 15 is 0 Å². The molecule has 0 spiro atoms. The van der Waals surface area contributed by atoms with Gasteiger partial charge in [0.1, 0.15) is 12.4 Å². The van der Waals surface area contributed by atoms with Crippen LogP contribution in [0.4, 0.5) is 0 Å². The highest BCUT2D eigenvalue weighted by Crippen LogP contribution is 2.24. The first-order valence-corrected chi connectivity index (χ1v) is 6.18. The van der Waals surface area contributed by atoms with Crippen LogP contribution >= 0.6 is 0 Å². The van der Waals surface area contributed by atoms with Gasteiger partial charge in [0.25, 0.3) is 0 Å². The van der Waals surface area contributed by atoms with Crippen molar-refractivity contribution in [3.05, 3.63) is 48.0 Å². The van der Waals surface area contributed by atoms with Gasteiger partial charge in [-0.1, -0.05) is 18.2 Å². The summed E-state index contributed by atoms with van der Waals surface area (Å²) >= 11 is 0. The lowest BCUT2D eigenvalue weighted by Crippen LogP contribution is -2.09. The molecule has 0 bridgehead atoms. The van der Waals surface area contributed by atoms with Crippen LogP contribution in [0, 0.1) is 0 Å². The second-order valence-corrected chi connectivity index (χ2v) is 4.29. The molecule has 1 aromatic carbocycles. The minimum atomic E-state index is -0.0303. The van der Waals surface area contributed by atoms with E-state index in [1.807, 2.05) is 43.7 Å². The van der Waals surface area contributed by atoms with Crippen LogP contribution in [0.15, 0.2) is 36.8 Å². The number of hydrogen-bond donors (Lipinski definition) is 1. The average molecular weight is 245 g/mol. The van der Waals surface area contributed by atoms with E-state index in [2.05, 4.69) is 16.5 Å². The Hall–Kier alpha value is -1.81. The fraction of sp³-hybridized carbons (Fsp3) is 0.357. The van der Waals surface area contributed by atoms with Gasteiger partial charge in [0, 0.05) is 18.2 Å². The third-order valence-corrected chi connectivity index (χ3v) is 2.92. The van der Waals surface area contributed by atoms with Gasteiger partial charge in [0.15, 0.2) is 0 Å². The van der Waals surface area contributed by atoms with Gasteiger partial charge in [-0.15, -0.1) is 0 Å². The molecule has 0 radical (unpaired) electrons. The van der Waals surface area contributed by atoms with Gasteiger partial charge in [0.05, 0.1) is 18.2 Å². The zero-order valence-electron chi connectivity index (χ0n) is 10.8. The van der Waals surface area contributed by atoms with E-state index in [9.17, 15) is 0 Å². The smallest absolute Gasteiger partial charge is 0.130 e. The van der Waals surface area contributed by atoms with Crippen molar-refractivity contribution < 1.29 is 4.74 Å². The van der Waals surface area contributed by atoms with Gasteiger partial charge < -0.3 is 15.0 Å². The standard InChI is InChI=1S/C14H19N3O/c1-3-17-10-16-8-12(17)9-18-14-7-5-4-6-13(14)11(2)15/h4-8,10-11H,3,9,15H2,1-2H3. The number of benzene rings is 1. The van der Waals surface area contributed by atoms with Gasteiger partial charge in [0.2, 0.25) is 0 Å². The zero-order chi connectivity index (χ0) is 13.0. The molecule has 0 fully saturated rings. The molecular weight excluding hydrogens is 226 g/mol. The number of nitrogens with zero attached hydrogens (tertiary/aromatic N) is 2. The minimum Gasteiger partial charge on any atom is -0.487 e. The first-order chi connectivity index (χ1) is 8.72. The van der Waals surface area contributed by atoms with Crippen molar-refractivity contribution >= 4 is 0 Å². The molecule has 0 saturated heterocycles. The molecule has 18 heavy (non-hydrogen) atoms. The second kappa shape index (κ2) is 5.69. The van der Waals surface area contributed by atoms with E-state index in [-0.39, 0.29) is 6.04 Å². The molecule has 0 aliphatic carbocycles. The number of nitrogens with two attached hydrogens (primary N) is 1. The maximum atomic E-state index is 5.92. The van der Waals surface area contributed by atoms with E-state index < -0.39 is 0 Å². The van der Waals surface area contributed by atoms with Crippen LogP contribution in [0.3, 0.4) is 0 Å². The summed E-state index contributed by atoms with van der Waals surface area (Å²) in [7, 11) is 0. The number of aromatic nitrogens is 2. The number of para-hydroxylation sites is 1. The van der Waals surface area contributed by atoms with Crippen LogP contribution in [0.25, 0.3) is 0 Å². The summed E-state index contributed by atoms with van der Waals surface area (Å²) in [6.45, 7) is 5.45. The van der Waals surface area contributed by atoms with Crippen LogP contribution in [-0.2, 0) is 13.2 Å². The van der Waals surface area contributed by atoms with Crippen LogP contribution in [0.2, 0.25) is 0 Å². The minimum absolute atomic E-state index is 0.0303. The molecule has 1 atom stereocenters. The van der Waals surface area contributed by atoms with E-state index in [0.29, 0.717) is 6.61 Å². The Balaban J connectivity index is 2.11. The predicted octanol–water partition coefficient (Wildman–Crippen LogP) is 2.50. The lowest BCUT2D eigenvalue weighted by molar-refractivity contribution is 0.291. The van der Waals surface area contributed by atoms with Crippen molar-refractivity contribution in [2.45, 2.75) is 33.0 Å². The first-order valence-electron chi connectivity index (χ1n) is 6.18. The van der Waals surface area contributed by atoms with Gasteiger partial charge in [-0.05, 0) is 19.9 Å². The van der Waals surface area contributed by atoms with Gasteiger partial charge >= 0.3 is 0 Å². The highest BCUT2D eigenvalue weighted by Gasteiger charge is 2.08. The summed E-state index contributed by atoms with van der Waals surface area (Å²) in [6, 6.07) is 7.85. The summed E-state index contributed by atoms with van der Waals surface area (Å²) in [5.74, 6) is 0.844. The third-order valence-electron chi connectivity index (χ3n) is 2.92. The van der Waals surface area contributed by atoms with Crippen molar-refractivity contribution in [1.29, 1.82) is 0 Å². The van der Waals surface area contributed by atoms with E-state index in [4.69, 9.17) is 10.5 Å². The molecule has 0 saturated carbocycles. The summed E-state index contributed by atoms with van der Waals surface area (Å²) in [4.78, 5) is 4.12. The molecular formula is C14H19N3O. The normalized spacial score (nSPS) is 12.4. The molecule has 1 heterocycles. The summed E-state index contributed by atoms with van der Waals surface area (Å²) in [6.07, 6.45) is 3.65. The highest BCUT2D eigenvalue weighted by molar-refractivity contribution is 5.35. The Kier molecular flexibility index (Phi) is 3.99. The molecule has 2 aromatic rings. The highest BCUT2D eigenvalue weighted by atomic mass is 16.5. The van der Waals surface area contributed by atoms with Crippen LogP contribution in [-0.4, -0.2) is 9.55 Å². The number of imidazole rings is 1. The Morgan fingerprint density at radius 3 is 2.89 bits per heavy atom. The van der Waals surface area contributed by atoms with Crippen molar-refractivity contribution in [1.82, 2.24) is 9.55 Å². The molecule has 96 valence electrons. The largest absolute Gasteiger partial charge is 0.487 e. The molecule has 1 unspecified atom stereocenters. The molecule has 0 aliphatic rings. The Bertz CT molecular complexity index is 505. The van der Waals surface area contributed by atoms with E-state index in [0.717, 1.165) is 23.6 Å². The Morgan fingerprint density at radius 2 is 2.17 bits per heavy atom. The number of ether oxygens (including phenoxy) is 1. The third kappa shape index (κ3) is 2.71. The molecule has 0 amide bonds. The number of rotatable bonds is 5. The molecule has 4 nitrogen and oxygen atoms in total. The van der Waals surface area contributed by atoms with Crippen molar-refractivity contribution in [2.24, 2.45) is 5.73 Å². The molecule has 1 aromatic heterocycles. The van der Waals surface area contributed by atoms with Gasteiger partial charge in [-0.3, -0.25) is 0 Å². The average Bonchev–Trinajstić information content (AvgIpc) is 2.84. The fourth-order valence-corrected chi connectivity index (χ4v) is 1.89. The van der Waals surface area contributed by atoms with E-state index in [1.54, 1.807) is 0 Å². The maximum Gasteiger partial charge on any atom is 0.130 e. The monoisotopic (exact) mass is 245 g/mol. The fourth-order valence-electron chi connectivity index (χ4n) is 1.89. The van der Waals surface area contributed by atoms with Crippen molar-refractivity contribution in [2.75, 3.05) is 0 Å². The molecule has 4 heteroatoms. The van der Waals surface area contributed by atoms with Crippen molar-refractivity contribution in [3.63, 3.8) is 0 Å². The molecule has 2 rings (SSSR count). The summed E-state index contributed by atoms with van der Waals surface area (Å²) < 4.78 is 7.91. The summed E-state index contributed by atoms with van der Waals surface area (Å²) in [5.41, 5.74) is 8.02. The molecule has 2 N–H and O–H groups in total. The van der Waals surface area contributed by atoms with Gasteiger partial charge in [-0.25, -0.2) is 4.98 Å². The van der Waals surface area contributed by atoms with Crippen molar-refractivity contribution in [3.8, 4) is 5.75 Å². The number of aryl methyl sites for hydroxylation is 1. The van der Waals surface area contributed by atoms with Crippen LogP contribution < -0.4 is 10.5 Å². The number of hydrogen-bond acceptors (Lipinski definition) is 3. The first kappa shape index (κ1) is 12.6.